The molecule has 0 bridgehead atoms. The Labute approximate surface area is 122 Å². The fourth-order valence-corrected chi connectivity index (χ4v) is 3.38. The van der Waals surface area contributed by atoms with E-state index in [1.807, 2.05) is 13.2 Å². The number of benzene rings is 1. The van der Waals surface area contributed by atoms with Gasteiger partial charge in [-0.2, -0.15) is 5.10 Å². The summed E-state index contributed by atoms with van der Waals surface area (Å²) in [5.41, 5.74) is 6.37. The van der Waals surface area contributed by atoms with Gasteiger partial charge in [0, 0.05) is 37.9 Å². The van der Waals surface area contributed by atoms with Crippen molar-refractivity contribution in [3.8, 4) is 0 Å². The lowest BCUT2D eigenvalue weighted by atomic mass is 10.3. The molecule has 20 heavy (non-hydrogen) atoms. The standard InChI is InChI=1S/C12H16N4O2S2/c1-15(2)20(17,18)10-4-5-12(11(13)6-10)19-9-7-14-16(3)8-9/h4-8H,13H2,1-3H3. The second-order valence-corrected chi connectivity index (χ2v) is 7.71. The van der Waals surface area contributed by atoms with Gasteiger partial charge >= 0.3 is 0 Å². The summed E-state index contributed by atoms with van der Waals surface area (Å²) in [6.07, 6.45) is 3.60. The van der Waals surface area contributed by atoms with Gasteiger partial charge in [0.25, 0.3) is 0 Å². The minimum Gasteiger partial charge on any atom is -0.398 e. The fraction of sp³-hybridized carbons (Fsp3) is 0.250. The number of nitrogens with two attached hydrogens (primary N) is 1. The van der Waals surface area contributed by atoms with Crippen LogP contribution in [0.4, 0.5) is 5.69 Å². The van der Waals surface area contributed by atoms with E-state index in [4.69, 9.17) is 5.73 Å². The van der Waals surface area contributed by atoms with Crippen LogP contribution in [0.1, 0.15) is 0 Å². The van der Waals surface area contributed by atoms with E-state index >= 15 is 0 Å². The SMILES string of the molecule is CN(C)S(=O)(=O)c1ccc(Sc2cnn(C)c2)c(N)c1. The number of anilines is 1. The van der Waals surface area contributed by atoms with Gasteiger partial charge in [-0.1, -0.05) is 11.8 Å². The third-order valence-corrected chi connectivity index (χ3v) is 5.52. The van der Waals surface area contributed by atoms with Crippen LogP contribution in [0.15, 0.2) is 45.3 Å². The van der Waals surface area contributed by atoms with Gasteiger partial charge in [0.15, 0.2) is 0 Å². The Kier molecular flexibility index (Phi) is 4.07. The number of hydrogen-bond acceptors (Lipinski definition) is 5. The maximum atomic E-state index is 12.0. The van der Waals surface area contributed by atoms with Crippen molar-refractivity contribution in [3.05, 3.63) is 30.6 Å². The highest BCUT2D eigenvalue weighted by Gasteiger charge is 2.18. The van der Waals surface area contributed by atoms with Gasteiger partial charge in [-0.25, -0.2) is 12.7 Å². The molecule has 0 unspecified atom stereocenters. The highest BCUT2D eigenvalue weighted by Crippen LogP contribution is 2.33. The van der Waals surface area contributed by atoms with Crippen LogP contribution >= 0.6 is 11.8 Å². The number of aryl methyl sites for hydroxylation is 1. The van der Waals surface area contributed by atoms with Crippen molar-refractivity contribution >= 4 is 27.5 Å². The van der Waals surface area contributed by atoms with Gasteiger partial charge in [0.2, 0.25) is 10.0 Å². The molecule has 2 rings (SSSR count). The molecule has 0 amide bonds. The molecule has 1 heterocycles. The first-order chi connectivity index (χ1) is 9.30. The number of nitrogens with zero attached hydrogens (tertiary/aromatic N) is 3. The molecule has 1 aromatic heterocycles. The molecule has 108 valence electrons. The van der Waals surface area contributed by atoms with Crippen LogP contribution in [0, 0.1) is 0 Å². The Morgan fingerprint density at radius 1 is 1.35 bits per heavy atom. The van der Waals surface area contributed by atoms with Gasteiger partial charge in [-0.3, -0.25) is 4.68 Å². The molecule has 2 N–H and O–H groups in total. The molecule has 0 saturated carbocycles. The lowest BCUT2D eigenvalue weighted by Crippen LogP contribution is -2.22. The zero-order chi connectivity index (χ0) is 14.9. The van der Waals surface area contributed by atoms with Crippen LogP contribution in [-0.2, 0) is 17.1 Å². The highest BCUT2D eigenvalue weighted by atomic mass is 32.2. The zero-order valence-corrected chi connectivity index (χ0v) is 13.1. The predicted octanol–water partition coefficient (Wildman–Crippen LogP) is 1.40. The van der Waals surface area contributed by atoms with Gasteiger partial charge in [-0.15, -0.1) is 0 Å². The Hall–Kier alpha value is -1.51. The van der Waals surface area contributed by atoms with E-state index < -0.39 is 10.0 Å². The quantitative estimate of drug-likeness (QED) is 0.863. The molecule has 8 heteroatoms. The lowest BCUT2D eigenvalue weighted by molar-refractivity contribution is 0.520. The lowest BCUT2D eigenvalue weighted by Gasteiger charge is -2.12. The number of sulfonamides is 1. The molecule has 0 atom stereocenters. The summed E-state index contributed by atoms with van der Waals surface area (Å²) in [5, 5.41) is 4.07. The van der Waals surface area contributed by atoms with Crippen molar-refractivity contribution in [1.82, 2.24) is 14.1 Å². The van der Waals surface area contributed by atoms with Crippen LogP contribution in [0.2, 0.25) is 0 Å². The van der Waals surface area contributed by atoms with Crippen LogP contribution in [0.3, 0.4) is 0 Å². The number of rotatable bonds is 4. The molecule has 0 aliphatic heterocycles. The van der Waals surface area contributed by atoms with Crippen molar-refractivity contribution in [3.63, 3.8) is 0 Å². The van der Waals surface area contributed by atoms with Gasteiger partial charge in [0.05, 0.1) is 16.0 Å². The molecular formula is C12H16N4O2S2. The van der Waals surface area contributed by atoms with Crippen LogP contribution in [0.25, 0.3) is 0 Å². The average molecular weight is 312 g/mol. The molecular weight excluding hydrogens is 296 g/mol. The van der Waals surface area contributed by atoms with Crippen molar-refractivity contribution in [2.45, 2.75) is 14.7 Å². The van der Waals surface area contributed by atoms with E-state index in [1.165, 1.54) is 31.9 Å². The average Bonchev–Trinajstić information content (AvgIpc) is 2.77. The normalized spacial score (nSPS) is 12.0. The smallest absolute Gasteiger partial charge is 0.242 e. The van der Waals surface area contributed by atoms with E-state index in [0.717, 1.165) is 14.1 Å². The van der Waals surface area contributed by atoms with E-state index in [0.29, 0.717) is 5.69 Å². The number of hydrogen-bond donors (Lipinski definition) is 1. The molecule has 0 radical (unpaired) electrons. The first-order valence-electron chi connectivity index (χ1n) is 5.79. The molecule has 0 fully saturated rings. The van der Waals surface area contributed by atoms with Crippen molar-refractivity contribution in [2.24, 2.45) is 7.05 Å². The molecule has 0 aliphatic carbocycles. The third-order valence-electron chi connectivity index (χ3n) is 2.67. The minimum absolute atomic E-state index is 0.190. The topological polar surface area (TPSA) is 81.2 Å². The Balaban J connectivity index is 2.31. The number of nitrogen functional groups attached to an aromatic ring is 1. The Bertz CT molecular complexity index is 723. The first kappa shape index (κ1) is 14.9. The van der Waals surface area contributed by atoms with Crippen molar-refractivity contribution in [2.75, 3.05) is 19.8 Å². The minimum atomic E-state index is -3.46. The Morgan fingerprint density at radius 2 is 2.05 bits per heavy atom. The van der Waals surface area contributed by atoms with E-state index in [9.17, 15) is 8.42 Å². The van der Waals surface area contributed by atoms with Gasteiger partial charge in [-0.05, 0) is 18.2 Å². The maximum absolute atomic E-state index is 12.0. The Morgan fingerprint density at radius 3 is 2.55 bits per heavy atom. The van der Waals surface area contributed by atoms with E-state index in [1.54, 1.807) is 23.0 Å². The summed E-state index contributed by atoms with van der Waals surface area (Å²) < 4.78 is 26.9. The van der Waals surface area contributed by atoms with E-state index in [2.05, 4.69) is 5.10 Å². The molecule has 0 aliphatic rings. The van der Waals surface area contributed by atoms with Crippen LogP contribution in [-0.4, -0.2) is 36.6 Å². The predicted molar refractivity (Wildman–Crippen MR) is 79.1 cm³/mol. The zero-order valence-electron chi connectivity index (χ0n) is 11.4. The summed E-state index contributed by atoms with van der Waals surface area (Å²) >= 11 is 1.45. The first-order valence-corrected chi connectivity index (χ1v) is 8.05. The second kappa shape index (κ2) is 5.47. The van der Waals surface area contributed by atoms with Gasteiger partial charge < -0.3 is 5.73 Å². The summed E-state index contributed by atoms with van der Waals surface area (Å²) in [7, 11) is 1.36. The maximum Gasteiger partial charge on any atom is 0.242 e. The highest BCUT2D eigenvalue weighted by molar-refractivity contribution is 7.99. The largest absolute Gasteiger partial charge is 0.398 e. The second-order valence-electron chi connectivity index (χ2n) is 4.44. The summed E-state index contributed by atoms with van der Waals surface area (Å²) in [6.45, 7) is 0. The van der Waals surface area contributed by atoms with Crippen molar-refractivity contribution in [1.29, 1.82) is 0 Å². The van der Waals surface area contributed by atoms with Crippen molar-refractivity contribution < 1.29 is 8.42 Å². The summed E-state index contributed by atoms with van der Waals surface area (Å²) in [6, 6.07) is 4.75. The van der Waals surface area contributed by atoms with E-state index in [-0.39, 0.29) is 4.90 Å². The molecule has 1 aromatic carbocycles. The van der Waals surface area contributed by atoms with Gasteiger partial charge in [0.1, 0.15) is 0 Å². The number of aromatic nitrogens is 2. The van der Waals surface area contributed by atoms with Crippen LogP contribution < -0.4 is 5.73 Å². The van der Waals surface area contributed by atoms with Crippen LogP contribution in [0.5, 0.6) is 0 Å². The summed E-state index contributed by atoms with van der Waals surface area (Å²) in [5.74, 6) is 0. The molecule has 0 saturated heterocycles. The fourth-order valence-electron chi connectivity index (χ4n) is 1.57. The monoisotopic (exact) mass is 312 g/mol. The molecule has 6 nitrogen and oxygen atoms in total. The third kappa shape index (κ3) is 2.97. The summed E-state index contributed by atoms with van der Waals surface area (Å²) in [4.78, 5) is 1.94. The molecule has 0 spiro atoms. The molecule has 2 aromatic rings.